The molecule has 6 heteroatoms. The number of nitrogens with one attached hydrogen (secondary N) is 1. The number of anilines is 2. The largest absolute Gasteiger partial charge is 0.399 e. The van der Waals surface area contributed by atoms with E-state index in [9.17, 15) is 8.42 Å². The first-order chi connectivity index (χ1) is 8.38. The Kier molecular flexibility index (Phi) is 3.04. The number of aromatic nitrogens is 1. The van der Waals surface area contributed by atoms with Crippen molar-refractivity contribution in [3.05, 3.63) is 42.2 Å². The summed E-state index contributed by atoms with van der Waals surface area (Å²) < 4.78 is 28.4. The lowest BCUT2D eigenvalue weighted by molar-refractivity contribution is 0.601. The van der Waals surface area contributed by atoms with Gasteiger partial charge in [0.1, 0.15) is 4.90 Å². The molecule has 0 spiro atoms. The van der Waals surface area contributed by atoms with Crippen LogP contribution in [0, 0.1) is 6.92 Å². The van der Waals surface area contributed by atoms with Crippen LogP contribution >= 0.6 is 0 Å². The summed E-state index contributed by atoms with van der Waals surface area (Å²) in [5.74, 6) is 0. The van der Waals surface area contributed by atoms with Gasteiger partial charge in [0.05, 0.1) is 5.69 Å². The van der Waals surface area contributed by atoms with Gasteiger partial charge in [0.15, 0.2) is 0 Å². The first-order valence-corrected chi connectivity index (χ1v) is 6.88. The van der Waals surface area contributed by atoms with Gasteiger partial charge in [-0.1, -0.05) is 6.07 Å². The molecule has 96 valence electrons. The number of hydrogen-bond donors (Lipinski definition) is 2. The van der Waals surface area contributed by atoms with Crippen LogP contribution in [0.2, 0.25) is 0 Å². The molecule has 1 heterocycles. The van der Waals surface area contributed by atoms with Crippen molar-refractivity contribution >= 4 is 21.4 Å². The van der Waals surface area contributed by atoms with E-state index < -0.39 is 10.0 Å². The Morgan fingerprint density at radius 3 is 2.61 bits per heavy atom. The maximum atomic E-state index is 12.1. The lowest BCUT2D eigenvalue weighted by Gasteiger charge is -2.10. The molecule has 0 saturated carbocycles. The lowest BCUT2D eigenvalue weighted by atomic mass is 10.2. The van der Waals surface area contributed by atoms with Crippen LogP contribution in [0.15, 0.2) is 41.6 Å². The van der Waals surface area contributed by atoms with E-state index in [4.69, 9.17) is 5.73 Å². The molecule has 0 bridgehead atoms. The summed E-state index contributed by atoms with van der Waals surface area (Å²) in [5.41, 5.74) is 7.49. The standard InChI is InChI=1S/C12H15N3O2S/c1-9-3-4-10(13)7-12(9)14-18(16,17)11-5-6-15(2)8-11/h3-8,14H,13H2,1-2H3. The number of sulfonamides is 1. The number of aryl methyl sites for hydroxylation is 2. The quantitative estimate of drug-likeness (QED) is 0.829. The van der Waals surface area contributed by atoms with Gasteiger partial charge >= 0.3 is 0 Å². The highest BCUT2D eigenvalue weighted by Crippen LogP contribution is 2.22. The second-order valence-electron chi connectivity index (χ2n) is 4.19. The van der Waals surface area contributed by atoms with Crippen molar-refractivity contribution in [3.63, 3.8) is 0 Å². The maximum absolute atomic E-state index is 12.1. The second kappa shape index (κ2) is 4.38. The third-order valence-electron chi connectivity index (χ3n) is 2.62. The van der Waals surface area contributed by atoms with E-state index in [1.807, 2.05) is 6.92 Å². The molecule has 0 aliphatic heterocycles. The van der Waals surface area contributed by atoms with E-state index in [0.29, 0.717) is 11.4 Å². The monoisotopic (exact) mass is 265 g/mol. The van der Waals surface area contributed by atoms with Crippen molar-refractivity contribution in [1.29, 1.82) is 0 Å². The average Bonchev–Trinajstić information content (AvgIpc) is 2.71. The molecule has 2 aromatic rings. The summed E-state index contributed by atoms with van der Waals surface area (Å²) in [6.07, 6.45) is 3.23. The van der Waals surface area contributed by atoms with Crippen molar-refractivity contribution in [3.8, 4) is 0 Å². The van der Waals surface area contributed by atoms with Gasteiger partial charge in [0, 0.05) is 25.1 Å². The van der Waals surface area contributed by atoms with Gasteiger partial charge < -0.3 is 10.3 Å². The van der Waals surface area contributed by atoms with Crippen LogP contribution in [0.1, 0.15) is 5.56 Å². The lowest BCUT2D eigenvalue weighted by Crippen LogP contribution is -2.13. The van der Waals surface area contributed by atoms with E-state index in [0.717, 1.165) is 5.56 Å². The first kappa shape index (κ1) is 12.5. The Balaban J connectivity index is 2.36. The maximum Gasteiger partial charge on any atom is 0.263 e. The molecule has 2 rings (SSSR count). The number of rotatable bonds is 3. The number of hydrogen-bond acceptors (Lipinski definition) is 3. The van der Waals surface area contributed by atoms with Gasteiger partial charge in [-0.2, -0.15) is 0 Å². The van der Waals surface area contributed by atoms with E-state index in [1.165, 1.54) is 0 Å². The highest BCUT2D eigenvalue weighted by atomic mass is 32.2. The minimum Gasteiger partial charge on any atom is -0.399 e. The van der Waals surface area contributed by atoms with E-state index in [2.05, 4.69) is 4.72 Å². The predicted molar refractivity (Wildman–Crippen MR) is 71.8 cm³/mol. The number of benzene rings is 1. The fourth-order valence-corrected chi connectivity index (χ4v) is 2.76. The smallest absolute Gasteiger partial charge is 0.263 e. The normalized spacial score (nSPS) is 11.4. The molecule has 5 nitrogen and oxygen atoms in total. The van der Waals surface area contributed by atoms with Gasteiger partial charge in [0.2, 0.25) is 0 Å². The van der Waals surface area contributed by atoms with Crippen LogP contribution in [0.3, 0.4) is 0 Å². The summed E-state index contributed by atoms with van der Waals surface area (Å²) in [6, 6.07) is 6.66. The predicted octanol–water partition coefficient (Wildman–Crippen LogP) is 1.72. The van der Waals surface area contributed by atoms with Gasteiger partial charge in [0.25, 0.3) is 10.0 Å². The zero-order valence-corrected chi connectivity index (χ0v) is 11.0. The second-order valence-corrected chi connectivity index (χ2v) is 5.87. The number of nitrogens with two attached hydrogens (primary N) is 1. The molecule has 0 saturated heterocycles. The van der Waals surface area contributed by atoms with E-state index in [1.54, 1.807) is 48.3 Å². The Labute approximate surface area is 106 Å². The van der Waals surface area contributed by atoms with Crippen molar-refractivity contribution in [2.75, 3.05) is 10.5 Å². The minimum absolute atomic E-state index is 0.229. The molecular formula is C12H15N3O2S. The van der Waals surface area contributed by atoms with Crippen molar-refractivity contribution in [1.82, 2.24) is 4.57 Å². The van der Waals surface area contributed by atoms with Gasteiger partial charge in [-0.3, -0.25) is 4.72 Å². The summed E-state index contributed by atoms with van der Waals surface area (Å²) in [6.45, 7) is 1.82. The zero-order valence-electron chi connectivity index (χ0n) is 10.2. The summed E-state index contributed by atoms with van der Waals surface area (Å²) >= 11 is 0. The molecule has 0 amide bonds. The number of nitrogens with zero attached hydrogens (tertiary/aromatic N) is 1. The fourth-order valence-electron chi connectivity index (χ4n) is 1.59. The molecular weight excluding hydrogens is 250 g/mol. The first-order valence-electron chi connectivity index (χ1n) is 5.39. The molecule has 0 aliphatic carbocycles. The topological polar surface area (TPSA) is 77.1 Å². The molecule has 1 aromatic carbocycles. The minimum atomic E-state index is -3.56. The van der Waals surface area contributed by atoms with Crippen LogP contribution in [0.25, 0.3) is 0 Å². The third-order valence-corrected chi connectivity index (χ3v) is 3.97. The highest BCUT2D eigenvalue weighted by Gasteiger charge is 2.16. The molecule has 1 aromatic heterocycles. The van der Waals surface area contributed by atoms with Gasteiger partial charge in [-0.15, -0.1) is 0 Å². The fraction of sp³-hybridized carbons (Fsp3) is 0.167. The van der Waals surface area contributed by atoms with E-state index in [-0.39, 0.29) is 4.90 Å². The summed E-state index contributed by atoms with van der Waals surface area (Å²) in [5, 5.41) is 0. The third kappa shape index (κ3) is 2.48. The Morgan fingerprint density at radius 1 is 1.28 bits per heavy atom. The van der Waals surface area contributed by atoms with Crippen LogP contribution in [-0.2, 0) is 17.1 Å². The molecule has 0 radical (unpaired) electrons. The van der Waals surface area contributed by atoms with Gasteiger partial charge in [-0.05, 0) is 30.7 Å². The van der Waals surface area contributed by atoms with Crippen molar-refractivity contribution in [2.24, 2.45) is 7.05 Å². The van der Waals surface area contributed by atoms with E-state index >= 15 is 0 Å². The van der Waals surface area contributed by atoms with Gasteiger partial charge in [-0.25, -0.2) is 8.42 Å². The summed E-state index contributed by atoms with van der Waals surface area (Å²) in [7, 11) is -1.79. The molecule has 3 N–H and O–H groups in total. The van der Waals surface area contributed by atoms with Crippen LogP contribution in [0.4, 0.5) is 11.4 Å². The highest BCUT2D eigenvalue weighted by molar-refractivity contribution is 7.92. The van der Waals surface area contributed by atoms with Crippen molar-refractivity contribution in [2.45, 2.75) is 11.8 Å². The number of nitrogen functional groups attached to an aromatic ring is 1. The average molecular weight is 265 g/mol. The van der Waals surface area contributed by atoms with Crippen LogP contribution in [-0.4, -0.2) is 13.0 Å². The molecule has 0 unspecified atom stereocenters. The molecule has 0 atom stereocenters. The molecule has 0 aliphatic rings. The van der Waals surface area contributed by atoms with Crippen LogP contribution in [0.5, 0.6) is 0 Å². The van der Waals surface area contributed by atoms with Crippen molar-refractivity contribution < 1.29 is 8.42 Å². The SMILES string of the molecule is Cc1ccc(N)cc1NS(=O)(=O)c1ccn(C)c1. The Morgan fingerprint density at radius 2 is 2.00 bits per heavy atom. The zero-order chi connectivity index (χ0) is 13.3. The Hall–Kier alpha value is -1.95. The van der Waals surface area contributed by atoms with Crippen LogP contribution < -0.4 is 10.5 Å². The Bertz CT molecular complexity index is 674. The summed E-state index contributed by atoms with van der Waals surface area (Å²) in [4.78, 5) is 0.229. The molecule has 0 fully saturated rings. The molecule has 18 heavy (non-hydrogen) atoms.